The second-order valence-electron chi connectivity index (χ2n) is 5.56. The fraction of sp³-hybridized carbons (Fsp3) is 0.100. The Morgan fingerprint density at radius 1 is 1.12 bits per heavy atom. The summed E-state index contributed by atoms with van der Waals surface area (Å²) in [7, 11) is 0. The largest absolute Gasteiger partial charge is 0.490 e. The van der Waals surface area contributed by atoms with Crippen molar-refractivity contribution >= 4 is 28.3 Å². The van der Waals surface area contributed by atoms with Crippen LogP contribution in [0, 0.1) is 0 Å². The molecule has 0 atom stereocenters. The van der Waals surface area contributed by atoms with Crippen LogP contribution in [0.15, 0.2) is 60.0 Å². The number of nitrogens with zero attached hydrogens (tertiary/aromatic N) is 1. The fourth-order valence-corrected chi connectivity index (χ4v) is 3.24. The highest BCUT2D eigenvalue weighted by atomic mass is 32.1. The van der Waals surface area contributed by atoms with Gasteiger partial charge in [0.25, 0.3) is 0 Å². The predicted molar refractivity (Wildman–Crippen MR) is 102 cm³/mol. The highest BCUT2D eigenvalue weighted by Crippen LogP contribution is 2.33. The van der Waals surface area contributed by atoms with E-state index in [9.17, 15) is 4.79 Å². The van der Waals surface area contributed by atoms with Gasteiger partial charge in [0.2, 0.25) is 0 Å². The Bertz CT molecular complexity index is 1020. The number of benzene rings is 2. The van der Waals surface area contributed by atoms with E-state index in [-0.39, 0.29) is 0 Å². The van der Waals surface area contributed by atoms with E-state index in [4.69, 9.17) is 9.47 Å². The molecule has 1 N–H and O–H groups in total. The number of carbonyl (C=O) groups is 1. The number of imidazole rings is 1. The van der Waals surface area contributed by atoms with Gasteiger partial charge < -0.3 is 14.5 Å². The van der Waals surface area contributed by atoms with E-state index < -0.39 is 5.97 Å². The van der Waals surface area contributed by atoms with Gasteiger partial charge in [-0.05, 0) is 48.7 Å². The van der Waals surface area contributed by atoms with Gasteiger partial charge in [-0.1, -0.05) is 18.2 Å². The zero-order valence-corrected chi connectivity index (χ0v) is 14.9. The summed E-state index contributed by atoms with van der Waals surface area (Å²) in [5.74, 6) is 1.25. The number of para-hydroxylation sites is 2. The van der Waals surface area contributed by atoms with Crippen molar-refractivity contribution in [3.05, 3.63) is 64.9 Å². The van der Waals surface area contributed by atoms with Gasteiger partial charge in [0.05, 0.1) is 17.6 Å². The van der Waals surface area contributed by atoms with Crippen molar-refractivity contribution < 1.29 is 14.3 Å². The third-order valence-corrected chi connectivity index (χ3v) is 4.68. The van der Waals surface area contributed by atoms with Crippen LogP contribution in [-0.2, 0) is 0 Å². The smallest absolute Gasteiger partial charge is 0.353 e. The van der Waals surface area contributed by atoms with Crippen molar-refractivity contribution in [1.29, 1.82) is 0 Å². The molecule has 2 aromatic heterocycles. The Hall–Kier alpha value is -3.12. The number of aromatic amines is 1. The molecule has 0 saturated heterocycles. The van der Waals surface area contributed by atoms with Crippen LogP contribution in [0.4, 0.5) is 0 Å². The molecule has 0 aliphatic heterocycles. The SMILES string of the molecule is CCOc1cc(-c2nc3ccccc3[nH]2)ccc1OC(=O)c1cccs1. The molecule has 0 unspecified atom stereocenters. The van der Waals surface area contributed by atoms with Gasteiger partial charge in [-0.15, -0.1) is 11.3 Å². The van der Waals surface area contributed by atoms with Crippen LogP contribution in [0.2, 0.25) is 0 Å². The van der Waals surface area contributed by atoms with Crippen LogP contribution >= 0.6 is 11.3 Å². The molecule has 4 rings (SSSR count). The molecule has 4 aromatic rings. The molecule has 0 amide bonds. The van der Waals surface area contributed by atoms with E-state index in [2.05, 4.69) is 9.97 Å². The molecule has 0 radical (unpaired) electrons. The second kappa shape index (κ2) is 7.01. The molecule has 0 spiro atoms. The normalized spacial score (nSPS) is 10.8. The lowest BCUT2D eigenvalue weighted by atomic mass is 10.2. The summed E-state index contributed by atoms with van der Waals surface area (Å²) in [4.78, 5) is 20.7. The minimum absolute atomic E-state index is 0.391. The molecule has 5 nitrogen and oxygen atoms in total. The van der Waals surface area contributed by atoms with Gasteiger partial charge in [-0.3, -0.25) is 0 Å². The number of fused-ring (bicyclic) bond motifs is 1. The van der Waals surface area contributed by atoms with Crippen LogP contribution < -0.4 is 9.47 Å². The third-order valence-electron chi connectivity index (χ3n) is 3.83. The van der Waals surface area contributed by atoms with Gasteiger partial charge >= 0.3 is 5.97 Å². The molecular formula is C20H16N2O3S. The van der Waals surface area contributed by atoms with Gasteiger partial charge in [0, 0.05) is 5.56 Å². The summed E-state index contributed by atoms with van der Waals surface area (Å²) in [5.41, 5.74) is 2.72. The Kier molecular flexibility index (Phi) is 4.41. The third kappa shape index (κ3) is 3.19. The summed E-state index contributed by atoms with van der Waals surface area (Å²) in [6.07, 6.45) is 0. The van der Waals surface area contributed by atoms with Gasteiger partial charge in [-0.25, -0.2) is 9.78 Å². The fourth-order valence-electron chi connectivity index (χ4n) is 2.64. The van der Waals surface area contributed by atoms with Crippen molar-refractivity contribution in [1.82, 2.24) is 9.97 Å². The molecule has 0 saturated carbocycles. The Morgan fingerprint density at radius 2 is 2.00 bits per heavy atom. The van der Waals surface area contributed by atoms with Crippen molar-refractivity contribution in [3.63, 3.8) is 0 Å². The number of esters is 1. The van der Waals surface area contributed by atoms with Crippen molar-refractivity contribution in [2.45, 2.75) is 6.92 Å². The van der Waals surface area contributed by atoms with Crippen LogP contribution in [0.25, 0.3) is 22.4 Å². The lowest BCUT2D eigenvalue weighted by molar-refractivity contribution is 0.0733. The molecule has 6 heteroatoms. The number of thiophene rings is 1. The topological polar surface area (TPSA) is 64.2 Å². The Labute approximate surface area is 154 Å². The summed E-state index contributed by atoms with van der Waals surface area (Å²) >= 11 is 1.34. The monoisotopic (exact) mass is 364 g/mol. The number of carbonyl (C=O) groups excluding carboxylic acids is 1. The number of aromatic nitrogens is 2. The zero-order valence-electron chi connectivity index (χ0n) is 14.1. The van der Waals surface area contributed by atoms with Crippen LogP contribution in [-0.4, -0.2) is 22.5 Å². The first-order chi connectivity index (χ1) is 12.7. The van der Waals surface area contributed by atoms with Crippen LogP contribution in [0.3, 0.4) is 0 Å². The maximum atomic E-state index is 12.2. The van der Waals surface area contributed by atoms with E-state index >= 15 is 0 Å². The number of H-pyrrole nitrogens is 1. The Balaban J connectivity index is 1.67. The Morgan fingerprint density at radius 3 is 2.77 bits per heavy atom. The van der Waals surface area contributed by atoms with E-state index in [1.807, 2.05) is 54.8 Å². The van der Waals surface area contributed by atoms with E-state index in [1.54, 1.807) is 12.1 Å². The van der Waals surface area contributed by atoms with Crippen molar-refractivity contribution in [2.75, 3.05) is 6.61 Å². The number of rotatable bonds is 5. The molecule has 0 fully saturated rings. The van der Waals surface area contributed by atoms with Crippen molar-refractivity contribution in [3.8, 4) is 22.9 Å². The van der Waals surface area contributed by atoms with Crippen LogP contribution in [0.1, 0.15) is 16.6 Å². The number of nitrogens with one attached hydrogen (secondary N) is 1. The predicted octanol–water partition coefficient (Wildman–Crippen LogP) is 4.91. The molecule has 2 aromatic carbocycles. The summed E-state index contributed by atoms with van der Waals surface area (Å²) < 4.78 is 11.2. The van der Waals surface area contributed by atoms with Gasteiger partial charge in [-0.2, -0.15) is 0 Å². The summed E-state index contributed by atoms with van der Waals surface area (Å²) in [6.45, 7) is 2.35. The highest BCUT2D eigenvalue weighted by molar-refractivity contribution is 7.12. The first-order valence-corrected chi connectivity index (χ1v) is 9.10. The van der Waals surface area contributed by atoms with Gasteiger partial charge in [0.1, 0.15) is 10.7 Å². The minimum atomic E-state index is -0.391. The standard InChI is InChI=1S/C20H16N2O3S/c1-2-24-17-12-13(19-21-14-6-3-4-7-15(14)22-19)9-10-16(17)25-20(23)18-8-5-11-26-18/h3-12H,2H2,1H3,(H,21,22). The molecule has 0 bridgehead atoms. The highest BCUT2D eigenvalue weighted by Gasteiger charge is 2.15. The summed E-state index contributed by atoms with van der Waals surface area (Å²) in [6, 6.07) is 16.8. The van der Waals surface area contributed by atoms with E-state index in [0.717, 1.165) is 22.4 Å². The van der Waals surface area contributed by atoms with E-state index in [1.165, 1.54) is 11.3 Å². The van der Waals surface area contributed by atoms with Crippen molar-refractivity contribution in [2.24, 2.45) is 0 Å². The average molecular weight is 364 g/mol. The molecule has 130 valence electrons. The van der Waals surface area contributed by atoms with E-state index in [0.29, 0.717) is 23.0 Å². The van der Waals surface area contributed by atoms with Crippen LogP contribution in [0.5, 0.6) is 11.5 Å². The lowest BCUT2D eigenvalue weighted by Crippen LogP contribution is -2.08. The molecule has 26 heavy (non-hydrogen) atoms. The first-order valence-electron chi connectivity index (χ1n) is 8.22. The molecule has 2 heterocycles. The maximum Gasteiger partial charge on any atom is 0.353 e. The summed E-state index contributed by atoms with van der Waals surface area (Å²) in [5, 5.41) is 1.84. The van der Waals surface area contributed by atoms with Gasteiger partial charge in [0.15, 0.2) is 11.5 Å². The zero-order chi connectivity index (χ0) is 17.9. The average Bonchev–Trinajstić information content (AvgIpc) is 3.33. The second-order valence-corrected chi connectivity index (χ2v) is 6.51. The number of ether oxygens (including phenoxy) is 2. The molecule has 0 aliphatic rings. The minimum Gasteiger partial charge on any atom is -0.490 e. The number of hydrogen-bond acceptors (Lipinski definition) is 5. The number of hydrogen-bond donors (Lipinski definition) is 1. The molecule has 0 aliphatic carbocycles. The maximum absolute atomic E-state index is 12.2. The first kappa shape index (κ1) is 16.4. The lowest BCUT2D eigenvalue weighted by Gasteiger charge is -2.11. The quantitative estimate of drug-likeness (QED) is 0.404. The molecular weight excluding hydrogens is 348 g/mol.